The van der Waals surface area contributed by atoms with Crippen LogP contribution in [0.1, 0.15) is 50.4 Å². The lowest BCUT2D eigenvalue weighted by molar-refractivity contribution is 0.225. The Morgan fingerprint density at radius 3 is 2.62 bits per heavy atom. The van der Waals surface area contributed by atoms with Crippen molar-refractivity contribution in [3.8, 4) is 10.6 Å². The van der Waals surface area contributed by atoms with E-state index in [9.17, 15) is 5.11 Å². The van der Waals surface area contributed by atoms with Crippen LogP contribution < -0.4 is 10.6 Å². The number of anilines is 2. The number of aryl methyl sites for hydroxylation is 2. The van der Waals surface area contributed by atoms with Gasteiger partial charge in [0.1, 0.15) is 16.3 Å². The average Bonchev–Trinajstić information content (AvgIpc) is 3.37. The summed E-state index contributed by atoms with van der Waals surface area (Å²) in [6, 6.07) is 2.32. The summed E-state index contributed by atoms with van der Waals surface area (Å²) in [5.74, 6) is 3.44. The molecule has 5 rings (SSSR count). The number of fused-ring (bicyclic) bond motifs is 1. The van der Waals surface area contributed by atoms with Crippen molar-refractivity contribution in [2.24, 2.45) is 17.8 Å². The second-order valence-corrected chi connectivity index (χ2v) is 10.7. The standard InChI is InChI=1S/C24H32N6OS/c1-13-8-17(9-13)11-26-24-27-14(2)20(22(30-24)28-18-5-4-16(10-18)12-31)23-29-21-15(3)25-7-6-19(21)32-23/h6-7,13,16-18,31H,4-5,8-12H2,1-3H3,(H2,26,27,28,30). The van der Waals surface area contributed by atoms with Crippen LogP contribution in [0, 0.1) is 31.6 Å². The van der Waals surface area contributed by atoms with Gasteiger partial charge in [0.2, 0.25) is 5.95 Å². The summed E-state index contributed by atoms with van der Waals surface area (Å²) in [7, 11) is 0. The molecule has 32 heavy (non-hydrogen) atoms. The van der Waals surface area contributed by atoms with Gasteiger partial charge in [0.15, 0.2) is 0 Å². The topological polar surface area (TPSA) is 95.9 Å². The number of aliphatic hydroxyl groups excluding tert-OH is 1. The highest BCUT2D eigenvalue weighted by molar-refractivity contribution is 7.21. The molecule has 0 radical (unpaired) electrons. The van der Waals surface area contributed by atoms with Gasteiger partial charge in [0.05, 0.1) is 21.7 Å². The zero-order valence-corrected chi connectivity index (χ0v) is 19.9. The van der Waals surface area contributed by atoms with E-state index in [4.69, 9.17) is 15.0 Å². The van der Waals surface area contributed by atoms with Gasteiger partial charge < -0.3 is 15.7 Å². The first-order chi connectivity index (χ1) is 15.5. The molecule has 0 spiro atoms. The summed E-state index contributed by atoms with van der Waals surface area (Å²) in [6.07, 6.45) is 7.44. The van der Waals surface area contributed by atoms with Gasteiger partial charge in [-0.15, -0.1) is 11.3 Å². The van der Waals surface area contributed by atoms with E-state index in [1.54, 1.807) is 11.3 Å². The van der Waals surface area contributed by atoms with E-state index in [2.05, 4.69) is 22.5 Å². The molecule has 0 aliphatic heterocycles. The lowest BCUT2D eigenvalue weighted by atomic mass is 9.76. The first kappa shape index (κ1) is 21.5. The summed E-state index contributed by atoms with van der Waals surface area (Å²) < 4.78 is 1.13. The molecule has 2 atom stereocenters. The Morgan fingerprint density at radius 1 is 1.06 bits per heavy atom. The third-order valence-electron chi connectivity index (χ3n) is 6.95. The number of nitrogens with zero attached hydrogens (tertiary/aromatic N) is 4. The number of hydrogen-bond donors (Lipinski definition) is 3. The molecule has 0 bridgehead atoms. The number of thiazole rings is 1. The van der Waals surface area contributed by atoms with Crippen LogP contribution in [0.5, 0.6) is 0 Å². The van der Waals surface area contributed by atoms with Crippen LogP contribution in [0.3, 0.4) is 0 Å². The van der Waals surface area contributed by atoms with Crippen molar-refractivity contribution >= 4 is 33.3 Å². The maximum Gasteiger partial charge on any atom is 0.224 e. The number of hydrogen-bond acceptors (Lipinski definition) is 8. The van der Waals surface area contributed by atoms with Gasteiger partial charge in [0.25, 0.3) is 0 Å². The zero-order valence-electron chi connectivity index (χ0n) is 19.1. The van der Waals surface area contributed by atoms with Crippen LogP contribution in [0.25, 0.3) is 20.8 Å². The third-order valence-corrected chi connectivity index (χ3v) is 7.99. The highest BCUT2D eigenvalue weighted by Gasteiger charge is 2.28. The second kappa shape index (κ2) is 8.90. The molecular formula is C24H32N6OS. The molecule has 0 aromatic carbocycles. The number of rotatable bonds is 7. The summed E-state index contributed by atoms with van der Waals surface area (Å²) in [5, 5.41) is 17.7. The molecule has 0 saturated heterocycles. The van der Waals surface area contributed by atoms with Crippen molar-refractivity contribution in [1.29, 1.82) is 0 Å². The fourth-order valence-corrected chi connectivity index (χ4v) is 6.25. The molecule has 2 unspecified atom stereocenters. The maximum absolute atomic E-state index is 9.57. The Hall–Kier alpha value is -2.32. The van der Waals surface area contributed by atoms with E-state index in [-0.39, 0.29) is 6.61 Å². The van der Waals surface area contributed by atoms with Gasteiger partial charge in [-0.1, -0.05) is 6.92 Å². The molecule has 7 nitrogen and oxygen atoms in total. The van der Waals surface area contributed by atoms with Crippen molar-refractivity contribution in [2.45, 2.75) is 58.9 Å². The maximum atomic E-state index is 9.57. The quantitative estimate of drug-likeness (QED) is 0.474. The summed E-state index contributed by atoms with van der Waals surface area (Å²) in [4.78, 5) is 19.0. The van der Waals surface area contributed by atoms with Crippen LogP contribution in [0.2, 0.25) is 0 Å². The van der Waals surface area contributed by atoms with Gasteiger partial charge in [-0.2, -0.15) is 4.98 Å². The van der Waals surface area contributed by atoms with E-state index in [1.165, 1.54) is 12.8 Å². The average molecular weight is 453 g/mol. The molecular weight excluding hydrogens is 420 g/mol. The van der Waals surface area contributed by atoms with E-state index in [0.29, 0.717) is 23.8 Å². The Labute approximate surface area is 193 Å². The Bertz CT molecular complexity index is 1110. The lowest BCUT2D eigenvalue weighted by Gasteiger charge is -2.32. The largest absolute Gasteiger partial charge is 0.396 e. The van der Waals surface area contributed by atoms with Gasteiger partial charge in [-0.25, -0.2) is 9.97 Å². The van der Waals surface area contributed by atoms with E-state index in [1.807, 2.05) is 26.1 Å². The van der Waals surface area contributed by atoms with Crippen LogP contribution in [-0.4, -0.2) is 44.2 Å². The molecule has 3 N–H and O–H groups in total. The highest BCUT2D eigenvalue weighted by Crippen LogP contribution is 2.38. The molecule has 170 valence electrons. The van der Waals surface area contributed by atoms with E-state index in [0.717, 1.165) is 69.7 Å². The van der Waals surface area contributed by atoms with Crippen molar-refractivity contribution in [3.63, 3.8) is 0 Å². The van der Waals surface area contributed by atoms with Crippen molar-refractivity contribution in [1.82, 2.24) is 19.9 Å². The molecule has 3 aromatic heterocycles. The molecule has 8 heteroatoms. The molecule has 2 aliphatic carbocycles. The lowest BCUT2D eigenvalue weighted by Crippen LogP contribution is -2.28. The fraction of sp³-hybridized carbons (Fsp3) is 0.583. The zero-order chi connectivity index (χ0) is 22.2. The van der Waals surface area contributed by atoms with E-state index >= 15 is 0 Å². The Kier molecular flexibility index (Phi) is 5.99. The Balaban J connectivity index is 1.47. The summed E-state index contributed by atoms with van der Waals surface area (Å²) in [6.45, 7) is 7.52. The first-order valence-corrected chi connectivity index (χ1v) is 12.5. The van der Waals surface area contributed by atoms with Crippen LogP contribution >= 0.6 is 11.3 Å². The minimum absolute atomic E-state index is 0.255. The third kappa shape index (κ3) is 4.30. The molecule has 3 heterocycles. The molecule has 2 fully saturated rings. The van der Waals surface area contributed by atoms with Crippen molar-refractivity contribution < 1.29 is 5.11 Å². The fourth-order valence-electron chi connectivity index (χ4n) is 5.14. The Morgan fingerprint density at radius 2 is 1.91 bits per heavy atom. The first-order valence-electron chi connectivity index (χ1n) is 11.7. The van der Waals surface area contributed by atoms with Crippen LogP contribution in [-0.2, 0) is 0 Å². The minimum Gasteiger partial charge on any atom is -0.396 e. The van der Waals surface area contributed by atoms with Gasteiger partial charge >= 0.3 is 0 Å². The number of aromatic nitrogens is 4. The monoisotopic (exact) mass is 452 g/mol. The van der Waals surface area contributed by atoms with Crippen LogP contribution in [0.4, 0.5) is 11.8 Å². The predicted octanol–water partition coefficient (Wildman–Crippen LogP) is 4.80. The number of pyridine rings is 1. The predicted molar refractivity (Wildman–Crippen MR) is 130 cm³/mol. The molecule has 2 aliphatic rings. The van der Waals surface area contributed by atoms with Crippen molar-refractivity contribution in [3.05, 3.63) is 23.7 Å². The SMILES string of the molecule is Cc1nc(NCC2CC(C)C2)nc(NC2CCC(CO)C2)c1-c1nc2c(C)nccc2s1. The minimum atomic E-state index is 0.255. The van der Waals surface area contributed by atoms with Crippen molar-refractivity contribution in [2.75, 3.05) is 23.8 Å². The number of aliphatic hydroxyl groups is 1. The summed E-state index contributed by atoms with van der Waals surface area (Å²) in [5.41, 5.74) is 3.78. The molecule has 3 aromatic rings. The highest BCUT2D eigenvalue weighted by atomic mass is 32.1. The summed E-state index contributed by atoms with van der Waals surface area (Å²) >= 11 is 1.66. The van der Waals surface area contributed by atoms with Crippen LogP contribution in [0.15, 0.2) is 12.3 Å². The van der Waals surface area contributed by atoms with Gasteiger partial charge in [-0.05, 0) is 69.8 Å². The normalized spacial score (nSPS) is 25.1. The van der Waals surface area contributed by atoms with Gasteiger partial charge in [0, 0.05) is 25.4 Å². The van der Waals surface area contributed by atoms with Gasteiger partial charge in [-0.3, -0.25) is 4.98 Å². The number of nitrogens with one attached hydrogen (secondary N) is 2. The smallest absolute Gasteiger partial charge is 0.224 e. The molecule has 2 saturated carbocycles. The van der Waals surface area contributed by atoms with E-state index < -0.39 is 0 Å². The molecule has 0 amide bonds. The second-order valence-electron chi connectivity index (χ2n) is 9.64.